The number of hydrogen-bond acceptors (Lipinski definition) is 2. The Kier molecular flexibility index (Phi) is 4.79. The van der Waals surface area contributed by atoms with E-state index < -0.39 is 11.7 Å². The van der Waals surface area contributed by atoms with Crippen LogP contribution < -0.4 is 5.32 Å². The average Bonchev–Trinajstić information content (AvgIpc) is 2.85. The highest BCUT2D eigenvalue weighted by atomic mass is 35.5. The molecule has 1 amide bonds. The van der Waals surface area contributed by atoms with E-state index in [1.165, 1.54) is 22.9 Å². The monoisotopic (exact) mass is 377 g/mol. The number of nitrogens with one attached hydrogen (secondary N) is 1. The van der Waals surface area contributed by atoms with Gasteiger partial charge in [0.2, 0.25) is 0 Å². The summed E-state index contributed by atoms with van der Waals surface area (Å²) in [5, 5.41) is 7.54. The Bertz CT molecular complexity index is 969. The largest absolute Gasteiger partial charge is 0.322 e. The van der Waals surface area contributed by atoms with Gasteiger partial charge in [0.05, 0.1) is 16.3 Å². The van der Waals surface area contributed by atoms with Gasteiger partial charge in [0.25, 0.3) is 5.91 Å². The molecule has 1 N–H and O–H groups in total. The molecule has 0 aliphatic heterocycles. The van der Waals surface area contributed by atoms with Gasteiger partial charge in [-0.2, -0.15) is 5.10 Å². The van der Waals surface area contributed by atoms with E-state index in [4.69, 9.17) is 23.2 Å². The van der Waals surface area contributed by atoms with Crippen LogP contribution in [0.2, 0.25) is 10.0 Å². The molecular formula is C18H14Cl2FN3O. The van der Waals surface area contributed by atoms with E-state index in [1.807, 2.05) is 19.9 Å². The lowest BCUT2D eigenvalue weighted by molar-refractivity contribution is 0.102. The van der Waals surface area contributed by atoms with Crippen LogP contribution in [0.15, 0.2) is 42.5 Å². The molecule has 4 nitrogen and oxygen atoms in total. The number of benzene rings is 2. The van der Waals surface area contributed by atoms with E-state index in [2.05, 4.69) is 10.4 Å². The first-order valence-corrected chi connectivity index (χ1v) is 8.20. The summed E-state index contributed by atoms with van der Waals surface area (Å²) in [5.74, 6) is -0.939. The third kappa shape index (κ3) is 3.67. The first-order chi connectivity index (χ1) is 11.8. The third-order valence-electron chi connectivity index (χ3n) is 3.62. The molecular weight excluding hydrogens is 364 g/mol. The van der Waals surface area contributed by atoms with Crippen molar-refractivity contribution in [3.63, 3.8) is 0 Å². The summed E-state index contributed by atoms with van der Waals surface area (Å²) in [6.07, 6.45) is 0. The second kappa shape index (κ2) is 6.86. The van der Waals surface area contributed by atoms with E-state index >= 15 is 0 Å². The minimum absolute atomic E-state index is 0.227. The predicted molar refractivity (Wildman–Crippen MR) is 97.4 cm³/mol. The molecule has 3 aromatic rings. The first kappa shape index (κ1) is 17.5. The van der Waals surface area contributed by atoms with Crippen LogP contribution in [0.4, 0.5) is 10.1 Å². The molecule has 0 saturated heterocycles. The van der Waals surface area contributed by atoms with Crippen molar-refractivity contribution in [2.24, 2.45) is 0 Å². The quantitative estimate of drug-likeness (QED) is 0.682. The van der Waals surface area contributed by atoms with Gasteiger partial charge in [0.1, 0.15) is 5.69 Å². The summed E-state index contributed by atoms with van der Waals surface area (Å²) in [6, 6.07) is 10.8. The molecule has 0 bridgehead atoms. The van der Waals surface area contributed by atoms with Crippen molar-refractivity contribution in [3.8, 4) is 5.69 Å². The molecule has 3 rings (SSSR count). The summed E-state index contributed by atoms with van der Waals surface area (Å²) >= 11 is 11.8. The number of hydrogen-bond donors (Lipinski definition) is 1. The minimum atomic E-state index is -0.494. The van der Waals surface area contributed by atoms with E-state index in [1.54, 1.807) is 18.2 Å². The number of carbonyl (C=O) groups excluding carboxylic acids is 1. The van der Waals surface area contributed by atoms with Gasteiger partial charge < -0.3 is 5.32 Å². The zero-order chi connectivity index (χ0) is 18.1. The number of halogens is 3. The van der Waals surface area contributed by atoms with Crippen LogP contribution in [0, 0.1) is 19.7 Å². The van der Waals surface area contributed by atoms with E-state index in [9.17, 15) is 9.18 Å². The number of aromatic nitrogens is 2. The highest BCUT2D eigenvalue weighted by Gasteiger charge is 2.14. The van der Waals surface area contributed by atoms with Gasteiger partial charge in [-0.15, -0.1) is 0 Å². The van der Waals surface area contributed by atoms with Crippen LogP contribution in [-0.2, 0) is 0 Å². The van der Waals surface area contributed by atoms with Crippen molar-refractivity contribution < 1.29 is 9.18 Å². The standard InChI is InChI=1S/C18H14Cl2FN3O/c1-10-7-11(2)24(23-10)17-6-4-13(9-16(17)21)22-18(25)14-5-3-12(19)8-15(14)20/h3-9H,1-2H3,(H,22,25). The molecule has 7 heteroatoms. The predicted octanol–water partition coefficient (Wildman–Crippen LogP) is 5.19. The molecule has 1 heterocycles. The zero-order valence-corrected chi connectivity index (χ0v) is 15.0. The zero-order valence-electron chi connectivity index (χ0n) is 13.5. The SMILES string of the molecule is Cc1cc(C)n(-c2ccc(NC(=O)c3ccc(Cl)cc3Cl)cc2F)n1. The van der Waals surface area contributed by atoms with Crippen LogP contribution in [0.5, 0.6) is 0 Å². The first-order valence-electron chi connectivity index (χ1n) is 7.45. The Balaban J connectivity index is 1.86. The van der Waals surface area contributed by atoms with E-state index in [0.717, 1.165) is 11.4 Å². The Morgan fingerprint density at radius 2 is 1.88 bits per heavy atom. The van der Waals surface area contributed by atoms with Crippen molar-refractivity contribution in [2.45, 2.75) is 13.8 Å². The fraction of sp³-hybridized carbons (Fsp3) is 0.111. The third-order valence-corrected chi connectivity index (χ3v) is 4.17. The average molecular weight is 378 g/mol. The number of anilines is 1. The normalized spacial score (nSPS) is 10.8. The van der Waals surface area contributed by atoms with Gasteiger partial charge in [0, 0.05) is 16.4 Å². The van der Waals surface area contributed by atoms with Crippen LogP contribution in [0.3, 0.4) is 0 Å². The summed E-state index contributed by atoms with van der Waals surface area (Å²) < 4.78 is 16.0. The summed E-state index contributed by atoms with van der Waals surface area (Å²) in [4.78, 5) is 12.3. The fourth-order valence-corrected chi connectivity index (χ4v) is 3.00. The number of amides is 1. The van der Waals surface area contributed by atoms with Crippen LogP contribution >= 0.6 is 23.2 Å². The van der Waals surface area contributed by atoms with Gasteiger partial charge in [-0.05, 0) is 56.3 Å². The summed E-state index contributed by atoms with van der Waals surface area (Å²) in [7, 11) is 0. The highest BCUT2D eigenvalue weighted by molar-refractivity contribution is 6.37. The molecule has 25 heavy (non-hydrogen) atoms. The molecule has 0 aliphatic rings. The van der Waals surface area contributed by atoms with Crippen LogP contribution in [-0.4, -0.2) is 15.7 Å². The maximum Gasteiger partial charge on any atom is 0.257 e. The molecule has 0 fully saturated rings. The van der Waals surface area contributed by atoms with Gasteiger partial charge in [0.15, 0.2) is 5.82 Å². The lowest BCUT2D eigenvalue weighted by atomic mass is 10.2. The lowest BCUT2D eigenvalue weighted by Gasteiger charge is -2.10. The van der Waals surface area contributed by atoms with Crippen LogP contribution in [0.25, 0.3) is 5.69 Å². The van der Waals surface area contributed by atoms with Crippen LogP contribution in [0.1, 0.15) is 21.7 Å². The second-order valence-corrected chi connectivity index (χ2v) is 6.43. The van der Waals surface area contributed by atoms with Crippen molar-refractivity contribution in [1.29, 1.82) is 0 Å². The number of nitrogens with zero attached hydrogens (tertiary/aromatic N) is 2. The summed E-state index contributed by atoms with van der Waals surface area (Å²) in [6.45, 7) is 3.68. The van der Waals surface area contributed by atoms with Gasteiger partial charge in [-0.1, -0.05) is 23.2 Å². The molecule has 0 aliphatic carbocycles. The number of aryl methyl sites for hydroxylation is 2. The second-order valence-electron chi connectivity index (χ2n) is 5.58. The maximum atomic E-state index is 14.5. The Morgan fingerprint density at radius 3 is 2.48 bits per heavy atom. The van der Waals surface area contributed by atoms with Crippen molar-refractivity contribution in [3.05, 3.63) is 75.3 Å². The number of carbonyl (C=O) groups is 1. The molecule has 0 saturated carbocycles. The minimum Gasteiger partial charge on any atom is -0.322 e. The van der Waals surface area contributed by atoms with E-state index in [-0.39, 0.29) is 10.6 Å². The lowest BCUT2D eigenvalue weighted by Crippen LogP contribution is -2.13. The topological polar surface area (TPSA) is 46.9 Å². The Morgan fingerprint density at radius 1 is 1.12 bits per heavy atom. The van der Waals surface area contributed by atoms with Crippen molar-refractivity contribution in [2.75, 3.05) is 5.32 Å². The number of rotatable bonds is 3. The van der Waals surface area contributed by atoms with Crippen molar-refractivity contribution in [1.82, 2.24) is 9.78 Å². The molecule has 0 unspecified atom stereocenters. The molecule has 128 valence electrons. The molecule has 1 aromatic heterocycles. The smallest absolute Gasteiger partial charge is 0.257 e. The maximum absolute atomic E-state index is 14.5. The molecule has 0 radical (unpaired) electrons. The van der Waals surface area contributed by atoms with Gasteiger partial charge in [-0.25, -0.2) is 9.07 Å². The van der Waals surface area contributed by atoms with Gasteiger partial charge >= 0.3 is 0 Å². The van der Waals surface area contributed by atoms with Gasteiger partial charge in [-0.3, -0.25) is 4.79 Å². The fourth-order valence-electron chi connectivity index (χ4n) is 2.50. The van der Waals surface area contributed by atoms with Crippen molar-refractivity contribution >= 4 is 34.8 Å². The molecule has 0 atom stereocenters. The van der Waals surface area contributed by atoms with E-state index in [0.29, 0.717) is 16.4 Å². The Hall–Kier alpha value is -2.37. The summed E-state index contributed by atoms with van der Waals surface area (Å²) in [5.41, 5.74) is 2.51. The molecule has 2 aromatic carbocycles. The Labute approximate surface area is 154 Å². The molecule has 0 spiro atoms. The highest BCUT2D eigenvalue weighted by Crippen LogP contribution is 2.24.